The molecule has 2 rings (SSSR count). The summed E-state index contributed by atoms with van der Waals surface area (Å²) >= 11 is 0. The van der Waals surface area contributed by atoms with E-state index in [1.54, 1.807) is 18.2 Å². The molecule has 9 heteroatoms. The predicted octanol–water partition coefficient (Wildman–Crippen LogP) is 1.12. The number of rotatable bonds is 4. The van der Waals surface area contributed by atoms with Crippen LogP contribution >= 0.6 is 0 Å². The summed E-state index contributed by atoms with van der Waals surface area (Å²) in [7, 11) is 0. The maximum Gasteiger partial charge on any atom is 0.389 e. The number of amides is 2. The SMILES string of the molecule is O=C(CCC(F)(F)F)N[C@@H]1CCN(C(=O)c2ccccn2)C[C@H]1O. The molecule has 2 amide bonds. The number of nitrogens with one attached hydrogen (secondary N) is 1. The molecule has 2 N–H and O–H groups in total. The molecular formula is C15H18F3N3O3. The molecule has 1 aliphatic heterocycles. The fourth-order valence-corrected chi connectivity index (χ4v) is 2.47. The highest BCUT2D eigenvalue weighted by Gasteiger charge is 2.33. The van der Waals surface area contributed by atoms with E-state index in [1.165, 1.54) is 11.1 Å². The summed E-state index contributed by atoms with van der Waals surface area (Å²) in [6.07, 6.45) is -5.57. The van der Waals surface area contributed by atoms with Crippen LogP contribution in [0.1, 0.15) is 29.8 Å². The van der Waals surface area contributed by atoms with Crippen molar-refractivity contribution >= 4 is 11.8 Å². The Morgan fingerprint density at radius 2 is 2.12 bits per heavy atom. The van der Waals surface area contributed by atoms with Gasteiger partial charge in [0.05, 0.1) is 18.6 Å². The van der Waals surface area contributed by atoms with Gasteiger partial charge in [0.15, 0.2) is 0 Å². The Morgan fingerprint density at radius 3 is 2.71 bits per heavy atom. The van der Waals surface area contributed by atoms with E-state index in [0.717, 1.165) is 0 Å². The minimum atomic E-state index is -4.39. The maximum atomic E-state index is 12.2. The Hall–Kier alpha value is -2.16. The van der Waals surface area contributed by atoms with E-state index in [1.807, 2.05) is 0 Å². The molecule has 1 fully saturated rings. The number of halogens is 3. The molecule has 1 aromatic heterocycles. The van der Waals surface area contributed by atoms with Crippen molar-refractivity contribution in [3.63, 3.8) is 0 Å². The topological polar surface area (TPSA) is 82.5 Å². The van der Waals surface area contributed by atoms with Gasteiger partial charge in [0.2, 0.25) is 5.91 Å². The van der Waals surface area contributed by atoms with Crippen molar-refractivity contribution in [2.24, 2.45) is 0 Å². The van der Waals surface area contributed by atoms with E-state index < -0.39 is 37.1 Å². The molecule has 2 heterocycles. The van der Waals surface area contributed by atoms with Gasteiger partial charge in [-0.05, 0) is 18.6 Å². The highest BCUT2D eigenvalue weighted by Crippen LogP contribution is 2.21. The van der Waals surface area contributed by atoms with Gasteiger partial charge >= 0.3 is 6.18 Å². The lowest BCUT2D eigenvalue weighted by molar-refractivity contribution is -0.144. The van der Waals surface area contributed by atoms with E-state index in [9.17, 15) is 27.9 Å². The first-order valence-electron chi connectivity index (χ1n) is 7.51. The highest BCUT2D eigenvalue weighted by atomic mass is 19.4. The number of hydrogen-bond donors (Lipinski definition) is 2. The minimum absolute atomic E-state index is 0.0143. The smallest absolute Gasteiger partial charge is 0.389 e. The van der Waals surface area contributed by atoms with Gasteiger partial charge in [0.25, 0.3) is 5.91 Å². The molecule has 0 aromatic carbocycles. The summed E-state index contributed by atoms with van der Waals surface area (Å²) in [5.41, 5.74) is 0.248. The number of carbonyl (C=O) groups is 2. The Kier molecular flexibility index (Phi) is 5.76. The summed E-state index contributed by atoms with van der Waals surface area (Å²) in [4.78, 5) is 29.1. The highest BCUT2D eigenvalue weighted by molar-refractivity contribution is 5.92. The third-order valence-corrected chi connectivity index (χ3v) is 3.74. The summed E-state index contributed by atoms with van der Waals surface area (Å²) < 4.78 is 36.3. The lowest BCUT2D eigenvalue weighted by atomic mass is 10.0. The molecule has 0 saturated carbocycles. The third kappa shape index (κ3) is 5.19. The quantitative estimate of drug-likeness (QED) is 0.857. The number of alkyl halides is 3. The van der Waals surface area contributed by atoms with Crippen LogP contribution in [-0.2, 0) is 4.79 Å². The van der Waals surface area contributed by atoms with Gasteiger partial charge in [-0.1, -0.05) is 6.07 Å². The van der Waals surface area contributed by atoms with E-state index in [2.05, 4.69) is 10.3 Å². The van der Waals surface area contributed by atoms with Crippen molar-refractivity contribution in [1.82, 2.24) is 15.2 Å². The van der Waals surface area contributed by atoms with E-state index in [0.29, 0.717) is 0 Å². The van der Waals surface area contributed by atoms with Gasteiger partial charge in [0, 0.05) is 25.7 Å². The number of nitrogens with zero attached hydrogens (tertiary/aromatic N) is 2. The molecule has 1 aliphatic rings. The van der Waals surface area contributed by atoms with Crippen LogP contribution in [0.25, 0.3) is 0 Å². The number of piperidine rings is 1. The molecule has 2 atom stereocenters. The fourth-order valence-electron chi connectivity index (χ4n) is 2.47. The number of pyridine rings is 1. The zero-order chi connectivity index (χ0) is 17.7. The second-order valence-electron chi connectivity index (χ2n) is 5.61. The number of hydrogen-bond acceptors (Lipinski definition) is 4. The Bertz CT molecular complexity index is 580. The average Bonchev–Trinajstić information content (AvgIpc) is 2.54. The summed E-state index contributed by atoms with van der Waals surface area (Å²) in [5.74, 6) is -1.10. The fraction of sp³-hybridized carbons (Fsp3) is 0.533. The van der Waals surface area contributed by atoms with E-state index in [-0.39, 0.29) is 31.1 Å². The van der Waals surface area contributed by atoms with Crippen LogP contribution in [0.15, 0.2) is 24.4 Å². The molecular weight excluding hydrogens is 327 g/mol. The monoisotopic (exact) mass is 345 g/mol. The molecule has 1 aromatic rings. The molecule has 1 saturated heterocycles. The number of likely N-dealkylation sites (tertiary alicyclic amines) is 1. The first kappa shape index (κ1) is 18.2. The summed E-state index contributed by atoms with van der Waals surface area (Å²) in [6, 6.07) is 4.23. The van der Waals surface area contributed by atoms with Crippen LogP contribution in [0.2, 0.25) is 0 Å². The second kappa shape index (κ2) is 7.61. The zero-order valence-corrected chi connectivity index (χ0v) is 12.8. The van der Waals surface area contributed by atoms with Gasteiger partial charge in [0.1, 0.15) is 5.69 Å². The lowest BCUT2D eigenvalue weighted by Crippen LogP contribution is -2.55. The van der Waals surface area contributed by atoms with Crippen molar-refractivity contribution in [1.29, 1.82) is 0 Å². The van der Waals surface area contributed by atoms with Gasteiger partial charge in [-0.3, -0.25) is 14.6 Å². The van der Waals surface area contributed by atoms with Crippen LogP contribution in [0.4, 0.5) is 13.2 Å². The van der Waals surface area contributed by atoms with Gasteiger partial charge in [-0.25, -0.2) is 0 Å². The normalized spacial score (nSPS) is 21.4. The van der Waals surface area contributed by atoms with Crippen molar-refractivity contribution in [2.75, 3.05) is 13.1 Å². The molecule has 0 spiro atoms. The van der Waals surface area contributed by atoms with Crippen molar-refractivity contribution in [2.45, 2.75) is 37.6 Å². The summed E-state index contributed by atoms with van der Waals surface area (Å²) in [6.45, 7) is 0.260. The number of aliphatic hydroxyl groups excluding tert-OH is 1. The minimum Gasteiger partial charge on any atom is -0.389 e. The molecule has 0 bridgehead atoms. The van der Waals surface area contributed by atoms with Crippen LogP contribution in [0.3, 0.4) is 0 Å². The molecule has 24 heavy (non-hydrogen) atoms. The Morgan fingerprint density at radius 1 is 1.38 bits per heavy atom. The maximum absolute atomic E-state index is 12.2. The lowest BCUT2D eigenvalue weighted by Gasteiger charge is -2.36. The van der Waals surface area contributed by atoms with E-state index in [4.69, 9.17) is 0 Å². The standard InChI is InChI=1S/C15H18F3N3O3/c16-15(17,18)6-4-13(23)20-10-5-8-21(9-12(10)22)14(24)11-3-1-2-7-19-11/h1-3,7,10,12,22H,4-6,8-9H2,(H,20,23)/t10-,12-/m1/s1. The Labute approximate surface area is 136 Å². The van der Waals surface area contributed by atoms with Crippen LogP contribution in [-0.4, -0.2) is 58.2 Å². The first-order chi connectivity index (χ1) is 11.3. The van der Waals surface area contributed by atoms with E-state index >= 15 is 0 Å². The number of aromatic nitrogens is 1. The molecule has 132 valence electrons. The predicted molar refractivity (Wildman–Crippen MR) is 78.0 cm³/mol. The van der Waals surface area contributed by atoms with Crippen LogP contribution in [0.5, 0.6) is 0 Å². The molecule has 0 unspecified atom stereocenters. The number of carbonyl (C=O) groups excluding carboxylic acids is 2. The van der Waals surface area contributed by atoms with Gasteiger partial charge < -0.3 is 15.3 Å². The van der Waals surface area contributed by atoms with Crippen LogP contribution in [0, 0.1) is 0 Å². The largest absolute Gasteiger partial charge is 0.389 e. The average molecular weight is 345 g/mol. The van der Waals surface area contributed by atoms with Crippen LogP contribution < -0.4 is 5.32 Å². The zero-order valence-electron chi connectivity index (χ0n) is 12.8. The summed E-state index contributed by atoms with van der Waals surface area (Å²) in [5, 5.41) is 12.5. The molecule has 6 nitrogen and oxygen atoms in total. The molecule has 0 radical (unpaired) electrons. The molecule has 0 aliphatic carbocycles. The van der Waals surface area contributed by atoms with Crippen molar-refractivity contribution in [3.8, 4) is 0 Å². The second-order valence-corrected chi connectivity index (χ2v) is 5.61. The Balaban J connectivity index is 1.84. The van der Waals surface area contributed by atoms with Gasteiger partial charge in [-0.15, -0.1) is 0 Å². The first-order valence-corrected chi connectivity index (χ1v) is 7.51. The number of β-amino-alcohol motifs (C(OH)–C–C–N with tert-alkyl or cyclic N) is 1. The van der Waals surface area contributed by atoms with Gasteiger partial charge in [-0.2, -0.15) is 13.2 Å². The van der Waals surface area contributed by atoms with Crippen molar-refractivity contribution in [3.05, 3.63) is 30.1 Å². The number of aliphatic hydroxyl groups is 1. The van der Waals surface area contributed by atoms with Crippen molar-refractivity contribution < 1.29 is 27.9 Å². The third-order valence-electron chi connectivity index (χ3n) is 3.74.